The van der Waals surface area contributed by atoms with E-state index in [1.54, 1.807) is 6.07 Å². The molecule has 0 unspecified atom stereocenters. The number of anilines is 1. The molecule has 0 fully saturated rings. The van der Waals surface area contributed by atoms with E-state index in [-0.39, 0.29) is 11.4 Å². The second kappa shape index (κ2) is 4.83. The molecule has 0 heterocycles. The molecule has 0 saturated carbocycles. The molecule has 1 aromatic rings. The molecule has 90 valence electrons. The summed E-state index contributed by atoms with van der Waals surface area (Å²) in [7, 11) is 2.05. The van der Waals surface area contributed by atoms with Crippen LogP contribution in [0.4, 0.5) is 10.1 Å². The summed E-state index contributed by atoms with van der Waals surface area (Å²) < 4.78 is 13.2. The quantitative estimate of drug-likeness (QED) is 0.796. The van der Waals surface area contributed by atoms with Crippen molar-refractivity contribution >= 4 is 5.69 Å². The summed E-state index contributed by atoms with van der Waals surface area (Å²) in [6.07, 6.45) is 1.05. The summed E-state index contributed by atoms with van der Waals surface area (Å²) in [5.41, 5.74) is 7.13. The zero-order valence-electron chi connectivity index (χ0n) is 10.5. The van der Waals surface area contributed by atoms with E-state index in [0.717, 1.165) is 12.0 Å². The van der Waals surface area contributed by atoms with E-state index >= 15 is 0 Å². The lowest BCUT2D eigenvalue weighted by molar-refractivity contribution is 0.143. The Balaban J connectivity index is 2.80. The van der Waals surface area contributed by atoms with Gasteiger partial charge in [-0.15, -0.1) is 0 Å². The molecule has 0 amide bonds. The third kappa shape index (κ3) is 3.20. The van der Waals surface area contributed by atoms with Gasteiger partial charge in [-0.05, 0) is 51.1 Å². The van der Waals surface area contributed by atoms with Crippen LogP contribution < -0.4 is 5.73 Å². The summed E-state index contributed by atoms with van der Waals surface area (Å²) >= 11 is 0. The third-order valence-electron chi connectivity index (χ3n) is 3.30. The lowest BCUT2D eigenvalue weighted by Crippen LogP contribution is -2.39. The van der Waals surface area contributed by atoms with Crippen LogP contribution in [0.25, 0.3) is 0 Å². The van der Waals surface area contributed by atoms with Crippen LogP contribution in [0.15, 0.2) is 18.2 Å². The van der Waals surface area contributed by atoms with Crippen LogP contribution in [0.5, 0.6) is 0 Å². The fourth-order valence-corrected chi connectivity index (χ4v) is 1.52. The van der Waals surface area contributed by atoms with Crippen molar-refractivity contribution in [2.75, 3.05) is 12.8 Å². The Morgan fingerprint density at radius 1 is 1.31 bits per heavy atom. The Hall–Kier alpha value is -1.09. The molecule has 0 saturated heterocycles. The maximum Gasteiger partial charge on any atom is 0.125 e. The van der Waals surface area contributed by atoms with Crippen LogP contribution >= 0.6 is 0 Å². The van der Waals surface area contributed by atoms with Gasteiger partial charge in [0.25, 0.3) is 0 Å². The summed E-state index contributed by atoms with van der Waals surface area (Å²) in [5, 5.41) is 0. The van der Waals surface area contributed by atoms with Gasteiger partial charge in [0.2, 0.25) is 0 Å². The van der Waals surface area contributed by atoms with Crippen molar-refractivity contribution in [3.8, 4) is 0 Å². The highest BCUT2D eigenvalue weighted by Crippen LogP contribution is 2.20. The van der Waals surface area contributed by atoms with Crippen molar-refractivity contribution in [1.29, 1.82) is 0 Å². The van der Waals surface area contributed by atoms with E-state index in [2.05, 4.69) is 25.7 Å². The van der Waals surface area contributed by atoms with Crippen molar-refractivity contribution in [3.63, 3.8) is 0 Å². The highest BCUT2D eigenvalue weighted by Gasteiger charge is 2.21. The molecule has 0 aromatic heterocycles. The van der Waals surface area contributed by atoms with Crippen LogP contribution in [-0.4, -0.2) is 17.5 Å². The lowest BCUT2D eigenvalue weighted by atomic mass is 9.99. The van der Waals surface area contributed by atoms with Crippen molar-refractivity contribution in [3.05, 3.63) is 29.6 Å². The smallest absolute Gasteiger partial charge is 0.125 e. The Labute approximate surface area is 97.3 Å². The molecule has 0 spiro atoms. The van der Waals surface area contributed by atoms with Crippen LogP contribution in [-0.2, 0) is 6.54 Å². The summed E-state index contributed by atoms with van der Waals surface area (Å²) in [5.74, 6) is -0.266. The van der Waals surface area contributed by atoms with E-state index < -0.39 is 0 Å². The molecule has 1 rings (SSSR count). The maximum absolute atomic E-state index is 13.2. The van der Waals surface area contributed by atoms with Crippen molar-refractivity contribution in [2.24, 2.45) is 0 Å². The minimum absolute atomic E-state index is 0.112. The Morgan fingerprint density at radius 3 is 2.44 bits per heavy atom. The molecule has 0 bridgehead atoms. The predicted molar refractivity (Wildman–Crippen MR) is 66.6 cm³/mol. The minimum atomic E-state index is -0.266. The number of nitrogens with zero attached hydrogens (tertiary/aromatic N) is 1. The van der Waals surface area contributed by atoms with Crippen LogP contribution in [0.1, 0.15) is 32.8 Å². The molecule has 0 radical (unpaired) electrons. The van der Waals surface area contributed by atoms with Gasteiger partial charge in [-0.1, -0.05) is 6.92 Å². The summed E-state index contributed by atoms with van der Waals surface area (Å²) in [6, 6.07) is 4.71. The fourth-order valence-electron chi connectivity index (χ4n) is 1.52. The minimum Gasteiger partial charge on any atom is -0.399 e. The second-order valence-corrected chi connectivity index (χ2v) is 4.91. The van der Waals surface area contributed by atoms with Crippen LogP contribution in [0, 0.1) is 5.82 Å². The monoisotopic (exact) mass is 224 g/mol. The first-order valence-corrected chi connectivity index (χ1v) is 5.61. The number of hydrogen-bond acceptors (Lipinski definition) is 2. The van der Waals surface area contributed by atoms with Crippen molar-refractivity contribution in [2.45, 2.75) is 39.3 Å². The number of nitrogens with two attached hydrogens (primary N) is 1. The first-order valence-electron chi connectivity index (χ1n) is 5.61. The van der Waals surface area contributed by atoms with E-state index in [0.29, 0.717) is 12.2 Å². The molecule has 0 aliphatic heterocycles. The van der Waals surface area contributed by atoms with Gasteiger partial charge >= 0.3 is 0 Å². The summed E-state index contributed by atoms with van der Waals surface area (Å²) in [6.45, 7) is 7.21. The number of hydrogen-bond donors (Lipinski definition) is 1. The molecule has 3 heteroatoms. The van der Waals surface area contributed by atoms with Crippen molar-refractivity contribution in [1.82, 2.24) is 4.90 Å². The molecular formula is C13H21FN2. The topological polar surface area (TPSA) is 29.3 Å². The fraction of sp³-hybridized carbons (Fsp3) is 0.538. The van der Waals surface area contributed by atoms with Gasteiger partial charge in [0.05, 0.1) is 0 Å². The SMILES string of the molecule is CCC(C)(C)N(C)Cc1cc(N)cc(F)c1. The van der Waals surface area contributed by atoms with Crippen molar-refractivity contribution < 1.29 is 4.39 Å². The highest BCUT2D eigenvalue weighted by atomic mass is 19.1. The largest absolute Gasteiger partial charge is 0.399 e. The predicted octanol–water partition coefficient (Wildman–Crippen LogP) is 3.03. The highest BCUT2D eigenvalue weighted by molar-refractivity contribution is 5.41. The molecule has 0 atom stereocenters. The van der Waals surface area contributed by atoms with E-state index in [1.807, 2.05) is 13.1 Å². The second-order valence-electron chi connectivity index (χ2n) is 4.91. The van der Waals surface area contributed by atoms with Gasteiger partial charge < -0.3 is 5.73 Å². The molecule has 2 N–H and O–H groups in total. The number of rotatable bonds is 4. The summed E-state index contributed by atoms with van der Waals surface area (Å²) in [4.78, 5) is 2.21. The van der Waals surface area contributed by atoms with E-state index in [1.165, 1.54) is 6.07 Å². The molecule has 2 nitrogen and oxygen atoms in total. The number of benzene rings is 1. The molecular weight excluding hydrogens is 203 g/mol. The molecule has 1 aromatic carbocycles. The molecule has 0 aliphatic carbocycles. The van der Waals surface area contributed by atoms with E-state index in [9.17, 15) is 4.39 Å². The van der Waals surface area contributed by atoms with Gasteiger partial charge in [-0.3, -0.25) is 4.90 Å². The van der Waals surface area contributed by atoms with Gasteiger partial charge in [-0.2, -0.15) is 0 Å². The average Bonchev–Trinajstić information content (AvgIpc) is 2.15. The normalized spacial score (nSPS) is 12.1. The number of halogens is 1. The van der Waals surface area contributed by atoms with Gasteiger partial charge in [0, 0.05) is 17.8 Å². The van der Waals surface area contributed by atoms with Gasteiger partial charge in [0.15, 0.2) is 0 Å². The van der Waals surface area contributed by atoms with E-state index in [4.69, 9.17) is 5.73 Å². The van der Waals surface area contributed by atoms with Crippen LogP contribution in [0.2, 0.25) is 0 Å². The van der Waals surface area contributed by atoms with Gasteiger partial charge in [0.1, 0.15) is 5.82 Å². The van der Waals surface area contributed by atoms with Gasteiger partial charge in [-0.25, -0.2) is 4.39 Å². The number of nitrogen functional groups attached to an aromatic ring is 1. The Kier molecular flexibility index (Phi) is 3.92. The third-order valence-corrected chi connectivity index (χ3v) is 3.30. The maximum atomic E-state index is 13.2. The standard InChI is InChI=1S/C13H21FN2/c1-5-13(2,3)16(4)9-10-6-11(14)8-12(15)7-10/h6-8H,5,9,15H2,1-4H3. The van der Waals surface area contributed by atoms with Crippen LogP contribution in [0.3, 0.4) is 0 Å². The molecule has 16 heavy (non-hydrogen) atoms. The zero-order chi connectivity index (χ0) is 12.3. The zero-order valence-corrected chi connectivity index (χ0v) is 10.5. The first kappa shape index (κ1) is 13.0. The lowest BCUT2D eigenvalue weighted by Gasteiger charge is -2.34. The average molecular weight is 224 g/mol. The Bertz CT molecular complexity index is 341. The first-order chi connectivity index (χ1) is 7.35. The molecule has 0 aliphatic rings. The Morgan fingerprint density at radius 2 is 1.94 bits per heavy atom.